The lowest BCUT2D eigenvalue weighted by Gasteiger charge is -2.08. The lowest BCUT2D eigenvalue weighted by molar-refractivity contribution is 0.561. The van der Waals surface area contributed by atoms with E-state index in [1.807, 2.05) is 18.2 Å². The van der Waals surface area contributed by atoms with Crippen molar-refractivity contribution >= 4 is 21.6 Å². The Hall–Kier alpha value is -2.22. The van der Waals surface area contributed by atoms with E-state index in [1.165, 1.54) is 6.07 Å². The van der Waals surface area contributed by atoms with Crippen molar-refractivity contribution in [1.82, 2.24) is 19.5 Å². The predicted molar refractivity (Wildman–Crippen MR) is 92.1 cm³/mol. The second kappa shape index (κ2) is 7.12. The van der Waals surface area contributed by atoms with Crippen LogP contribution in [-0.2, 0) is 16.6 Å². The summed E-state index contributed by atoms with van der Waals surface area (Å²) in [6, 6.07) is 11.9. The van der Waals surface area contributed by atoms with Crippen LogP contribution in [-0.4, -0.2) is 29.7 Å². The van der Waals surface area contributed by atoms with Crippen LogP contribution in [0.25, 0.3) is 11.3 Å². The first-order chi connectivity index (χ1) is 11.6. The minimum Gasteiger partial charge on any atom is -0.271 e. The van der Waals surface area contributed by atoms with E-state index >= 15 is 0 Å². The second-order valence-electron chi connectivity index (χ2n) is 5.03. The van der Waals surface area contributed by atoms with Crippen molar-refractivity contribution in [3.05, 3.63) is 66.1 Å². The van der Waals surface area contributed by atoms with Crippen molar-refractivity contribution in [3.63, 3.8) is 0 Å². The molecule has 3 rings (SSSR count). The summed E-state index contributed by atoms with van der Waals surface area (Å²) >= 11 is 5.93. The summed E-state index contributed by atoms with van der Waals surface area (Å²) < 4.78 is 28.7. The minimum absolute atomic E-state index is 0.0737. The van der Waals surface area contributed by atoms with Crippen LogP contribution in [0.1, 0.15) is 0 Å². The lowest BCUT2D eigenvalue weighted by Crippen LogP contribution is -2.27. The van der Waals surface area contributed by atoms with Gasteiger partial charge >= 0.3 is 0 Å². The van der Waals surface area contributed by atoms with Gasteiger partial charge in [-0.25, -0.2) is 13.1 Å². The Bertz CT molecular complexity index is 926. The molecule has 0 aliphatic rings. The standard InChI is InChI=1S/C16H15ClN4O2S/c17-14-3-1-2-4-16(14)24(22,23)19-10-12-21-11-7-15(20-21)13-5-8-18-9-6-13/h1-9,11,19H,10,12H2. The molecule has 124 valence electrons. The summed E-state index contributed by atoms with van der Waals surface area (Å²) in [5, 5.41) is 4.62. The number of hydrogen-bond acceptors (Lipinski definition) is 4. The van der Waals surface area contributed by atoms with Gasteiger partial charge in [-0.05, 0) is 30.3 Å². The molecule has 0 bridgehead atoms. The zero-order valence-electron chi connectivity index (χ0n) is 12.6. The highest BCUT2D eigenvalue weighted by molar-refractivity contribution is 7.89. The molecule has 2 aromatic heterocycles. The quantitative estimate of drug-likeness (QED) is 0.731. The third-order valence-corrected chi connectivity index (χ3v) is 5.34. The third-order valence-electron chi connectivity index (χ3n) is 3.38. The Morgan fingerprint density at radius 1 is 1.08 bits per heavy atom. The predicted octanol–water partition coefficient (Wildman–Crippen LogP) is 2.58. The average Bonchev–Trinajstić information content (AvgIpc) is 3.05. The van der Waals surface area contributed by atoms with Crippen LogP contribution < -0.4 is 4.72 Å². The third kappa shape index (κ3) is 3.81. The van der Waals surface area contributed by atoms with Crippen LogP contribution >= 0.6 is 11.6 Å². The normalized spacial score (nSPS) is 11.5. The van der Waals surface area contributed by atoms with Gasteiger partial charge in [0, 0.05) is 30.7 Å². The van der Waals surface area contributed by atoms with Crippen LogP contribution in [0, 0.1) is 0 Å². The zero-order valence-corrected chi connectivity index (χ0v) is 14.2. The second-order valence-corrected chi connectivity index (χ2v) is 7.17. The molecule has 0 unspecified atom stereocenters. The molecule has 0 aliphatic carbocycles. The van der Waals surface area contributed by atoms with Gasteiger partial charge in [-0.1, -0.05) is 23.7 Å². The van der Waals surface area contributed by atoms with Gasteiger partial charge in [-0.2, -0.15) is 5.10 Å². The maximum Gasteiger partial charge on any atom is 0.242 e. The topological polar surface area (TPSA) is 76.9 Å². The monoisotopic (exact) mass is 362 g/mol. The molecule has 1 N–H and O–H groups in total. The van der Waals surface area contributed by atoms with Gasteiger partial charge < -0.3 is 0 Å². The molecule has 0 radical (unpaired) electrons. The summed E-state index contributed by atoms with van der Waals surface area (Å²) in [7, 11) is -3.64. The molecule has 2 heterocycles. The van der Waals surface area contributed by atoms with Gasteiger partial charge in [0.05, 0.1) is 17.3 Å². The molecule has 1 aromatic carbocycles. The lowest BCUT2D eigenvalue weighted by atomic mass is 10.2. The minimum atomic E-state index is -3.64. The maximum atomic E-state index is 12.2. The van der Waals surface area contributed by atoms with E-state index < -0.39 is 10.0 Å². The van der Waals surface area contributed by atoms with Gasteiger partial charge in [0.2, 0.25) is 10.0 Å². The Kier molecular flexibility index (Phi) is 4.94. The largest absolute Gasteiger partial charge is 0.271 e. The highest BCUT2D eigenvalue weighted by Crippen LogP contribution is 2.20. The summed E-state index contributed by atoms with van der Waals surface area (Å²) in [4.78, 5) is 4.04. The van der Waals surface area contributed by atoms with E-state index in [0.717, 1.165) is 11.3 Å². The molecular formula is C16H15ClN4O2S. The van der Waals surface area contributed by atoms with E-state index in [4.69, 9.17) is 11.6 Å². The summed E-state index contributed by atoms with van der Waals surface area (Å²) in [5.41, 5.74) is 1.77. The molecule has 0 amide bonds. The molecule has 0 atom stereocenters. The van der Waals surface area contributed by atoms with E-state index in [-0.39, 0.29) is 16.5 Å². The molecule has 0 spiro atoms. The number of nitrogens with zero attached hydrogens (tertiary/aromatic N) is 3. The molecule has 0 aliphatic heterocycles. The molecule has 8 heteroatoms. The Morgan fingerprint density at radius 2 is 1.83 bits per heavy atom. The molecule has 0 saturated carbocycles. The molecule has 0 saturated heterocycles. The SMILES string of the molecule is O=S(=O)(NCCn1ccc(-c2ccncc2)n1)c1ccccc1Cl. The van der Waals surface area contributed by atoms with Crippen molar-refractivity contribution in [2.24, 2.45) is 0 Å². The molecular weight excluding hydrogens is 348 g/mol. The molecule has 0 fully saturated rings. The van der Waals surface area contributed by atoms with Crippen molar-refractivity contribution < 1.29 is 8.42 Å². The van der Waals surface area contributed by atoms with E-state index in [0.29, 0.717) is 6.54 Å². The zero-order chi connectivity index (χ0) is 17.0. The van der Waals surface area contributed by atoms with Crippen molar-refractivity contribution in [3.8, 4) is 11.3 Å². The fraction of sp³-hybridized carbons (Fsp3) is 0.125. The van der Waals surface area contributed by atoms with Crippen LogP contribution in [0.4, 0.5) is 0 Å². The number of sulfonamides is 1. The van der Waals surface area contributed by atoms with Crippen LogP contribution in [0.5, 0.6) is 0 Å². The highest BCUT2D eigenvalue weighted by atomic mass is 35.5. The van der Waals surface area contributed by atoms with Crippen LogP contribution in [0.2, 0.25) is 5.02 Å². The van der Waals surface area contributed by atoms with E-state index in [9.17, 15) is 8.42 Å². The van der Waals surface area contributed by atoms with Crippen LogP contribution in [0.3, 0.4) is 0 Å². The molecule has 6 nitrogen and oxygen atoms in total. The van der Waals surface area contributed by atoms with Crippen LogP contribution in [0.15, 0.2) is 66.0 Å². The van der Waals surface area contributed by atoms with Gasteiger partial charge in [0.1, 0.15) is 4.90 Å². The van der Waals surface area contributed by atoms with Gasteiger partial charge in [-0.3, -0.25) is 9.67 Å². The summed E-state index contributed by atoms with van der Waals surface area (Å²) in [6.45, 7) is 0.625. The highest BCUT2D eigenvalue weighted by Gasteiger charge is 2.16. The van der Waals surface area contributed by atoms with E-state index in [2.05, 4.69) is 14.8 Å². The number of nitrogens with one attached hydrogen (secondary N) is 1. The van der Waals surface area contributed by atoms with Gasteiger partial charge in [-0.15, -0.1) is 0 Å². The fourth-order valence-electron chi connectivity index (χ4n) is 2.20. The van der Waals surface area contributed by atoms with Crippen molar-refractivity contribution in [1.29, 1.82) is 0 Å². The first-order valence-corrected chi connectivity index (χ1v) is 9.10. The summed E-state index contributed by atoms with van der Waals surface area (Å²) in [6.07, 6.45) is 5.21. The number of hydrogen-bond donors (Lipinski definition) is 1. The maximum absolute atomic E-state index is 12.2. The first-order valence-electron chi connectivity index (χ1n) is 7.24. The van der Waals surface area contributed by atoms with Crippen molar-refractivity contribution in [2.45, 2.75) is 11.4 Å². The number of halogens is 1. The fourth-order valence-corrected chi connectivity index (χ4v) is 3.74. The molecule has 24 heavy (non-hydrogen) atoms. The number of benzene rings is 1. The van der Waals surface area contributed by atoms with Gasteiger partial charge in [0.15, 0.2) is 0 Å². The smallest absolute Gasteiger partial charge is 0.242 e. The number of rotatable bonds is 6. The van der Waals surface area contributed by atoms with Crippen molar-refractivity contribution in [2.75, 3.05) is 6.54 Å². The van der Waals surface area contributed by atoms with Gasteiger partial charge in [0.25, 0.3) is 0 Å². The Morgan fingerprint density at radius 3 is 2.58 bits per heavy atom. The number of pyridine rings is 1. The average molecular weight is 363 g/mol. The Labute approximate surface area is 145 Å². The molecule has 3 aromatic rings. The van der Waals surface area contributed by atoms with E-state index in [1.54, 1.807) is 41.5 Å². The number of aromatic nitrogens is 3. The summed E-state index contributed by atoms with van der Waals surface area (Å²) in [5.74, 6) is 0. The Balaban J connectivity index is 1.63. The first kappa shape index (κ1) is 16.6.